The quantitative estimate of drug-likeness (QED) is 0.901. The lowest BCUT2D eigenvalue weighted by Gasteiger charge is -2.17. The number of aromatic nitrogens is 1. The Morgan fingerprint density at radius 1 is 1.30 bits per heavy atom. The molecule has 0 saturated heterocycles. The van der Waals surface area contributed by atoms with E-state index in [0.29, 0.717) is 5.75 Å². The Bertz CT molecular complexity index is 602. The minimum atomic E-state index is 0.0715. The summed E-state index contributed by atoms with van der Waals surface area (Å²) in [6, 6.07) is 11.8. The molecular weight excluding hydrogens is 250 g/mol. The summed E-state index contributed by atoms with van der Waals surface area (Å²) in [5, 5.41) is 11.9. The molecule has 20 heavy (non-hydrogen) atoms. The Morgan fingerprint density at radius 2 is 2.05 bits per heavy atom. The lowest BCUT2D eigenvalue weighted by Crippen LogP contribution is -2.08. The van der Waals surface area contributed by atoms with E-state index in [4.69, 9.17) is 10.00 Å². The van der Waals surface area contributed by atoms with Crippen molar-refractivity contribution in [2.24, 2.45) is 0 Å². The maximum absolute atomic E-state index is 8.47. The molecule has 1 N–H and O–H groups in total. The van der Waals surface area contributed by atoms with Crippen molar-refractivity contribution < 1.29 is 4.74 Å². The number of nitrogens with zero attached hydrogens (tertiary/aromatic N) is 2. The normalized spacial score (nSPS) is 11.4. The zero-order valence-corrected chi connectivity index (χ0v) is 11.6. The van der Waals surface area contributed by atoms with Crippen LogP contribution in [0.4, 0.5) is 5.69 Å². The van der Waals surface area contributed by atoms with Gasteiger partial charge >= 0.3 is 0 Å². The number of aryl methyl sites for hydroxylation is 1. The molecule has 0 aliphatic rings. The van der Waals surface area contributed by atoms with Crippen molar-refractivity contribution in [3.05, 3.63) is 53.9 Å². The molecule has 1 aromatic heterocycles. The number of nitrogens with one attached hydrogen (secondary N) is 1. The minimum Gasteiger partial charge on any atom is -0.479 e. The highest BCUT2D eigenvalue weighted by atomic mass is 16.5. The molecular formula is C16H17N3O. The predicted octanol–water partition coefficient (Wildman–Crippen LogP) is 3.47. The molecule has 0 amide bonds. The third-order valence-corrected chi connectivity index (χ3v) is 3.09. The van der Waals surface area contributed by atoms with E-state index in [1.807, 2.05) is 42.6 Å². The Labute approximate surface area is 119 Å². The Kier molecular flexibility index (Phi) is 4.56. The van der Waals surface area contributed by atoms with E-state index in [1.54, 1.807) is 6.20 Å². The maximum atomic E-state index is 8.47. The molecule has 0 aliphatic heterocycles. The van der Waals surface area contributed by atoms with Crippen LogP contribution in [-0.2, 0) is 0 Å². The minimum absolute atomic E-state index is 0.0715. The van der Waals surface area contributed by atoms with Crippen molar-refractivity contribution in [1.82, 2.24) is 4.98 Å². The van der Waals surface area contributed by atoms with E-state index in [-0.39, 0.29) is 12.6 Å². The monoisotopic (exact) mass is 267 g/mol. The second-order valence-electron chi connectivity index (χ2n) is 4.57. The third kappa shape index (κ3) is 3.48. The van der Waals surface area contributed by atoms with Crippen LogP contribution in [0.15, 0.2) is 42.7 Å². The molecule has 0 spiro atoms. The number of pyridine rings is 1. The van der Waals surface area contributed by atoms with Gasteiger partial charge in [0.1, 0.15) is 11.8 Å². The smallest absolute Gasteiger partial charge is 0.174 e. The van der Waals surface area contributed by atoms with E-state index in [9.17, 15) is 0 Å². The largest absolute Gasteiger partial charge is 0.479 e. The summed E-state index contributed by atoms with van der Waals surface area (Å²) in [5.41, 5.74) is 3.35. The van der Waals surface area contributed by atoms with Crippen LogP contribution in [-0.4, -0.2) is 11.6 Å². The first-order chi connectivity index (χ1) is 9.70. The van der Waals surface area contributed by atoms with Crippen LogP contribution < -0.4 is 10.1 Å². The molecule has 0 fully saturated rings. The summed E-state index contributed by atoms with van der Waals surface area (Å²) in [4.78, 5) is 4.13. The van der Waals surface area contributed by atoms with E-state index < -0.39 is 0 Å². The molecule has 0 radical (unpaired) electrons. The van der Waals surface area contributed by atoms with Crippen LogP contribution in [0.1, 0.15) is 24.1 Å². The fraction of sp³-hybridized carbons (Fsp3) is 0.250. The molecule has 1 heterocycles. The topological polar surface area (TPSA) is 57.9 Å². The fourth-order valence-corrected chi connectivity index (χ4v) is 1.90. The van der Waals surface area contributed by atoms with Gasteiger partial charge in [-0.15, -0.1) is 0 Å². The number of hydrogen-bond donors (Lipinski definition) is 1. The predicted molar refractivity (Wildman–Crippen MR) is 78.6 cm³/mol. The first kappa shape index (κ1) is 13.9. The first-order valence-corrected chi connectivity index (χ1v) is 6.47. The molecule has 1 aromatic carbocycles. The van der Waals surface area contributed by atoms with Gasteiger partial charge in [0.15, 0.2) is 6.61 Å². The molecule has 102 valence electrons. The van der Waals surface area contributed by atoms with Crippen LogP contribution in [0.5, 0.6) is 5.75 Å². The van der Waals surface area contributed by atoms with Crippen molar-refractivity contribution in [1.29, 1.82) is 5.26 Å². The van der Waals surface area contributed by atoms with E-state index in [1.165, 1.54) is 5.56 Å². The van der Waals surface area contributed by atoms with E-state index in [2.05, 4.69) is 24.1 Å². The number of ether oxygens (including phenoxy) is 1. The summed E-state index contributed by atoms with van der Waals surface area (Å²) in [6.07, 6.45) is 3.61. The van der Waals surface area contributed by atoms with Gasteiger partial charge in [-0.3, -0.25) is 4.98 Å². The number of hydrogen-bond acceptors (Lipinski definition) is 4. The highest BCUT2D eigenvalue weighted by molar-refractivity contribution is 5.50. The number of anilines is 1. The molecule has 2 aromatic rings. The highest BCUT2D eigenvalue weighted by Gasteiger charge is 2.07. The van der Waals surface area contributed by atoms with Crippen LogP contribution in [0.2, 0.25) is 0 Å². The molecule has 0 bridgehead atoms. The Hall–Kier alpha value is -2.54. The van der Waals surface area contributed by atoms with Gasteiger partial charge in [0.05, 0.1) is 11.9 Å². The van der Waals surface area contributed by atoms with Crippen molar-refractivity contribution >= 4 is 5.69 Å². The van der Waals surface area contributed by atoms with Gasteiger partial charge < -0.3 is 10.1 Å². The third-order valence-electron chi connectivity index (χ3n) is 3.09. The van der Waals surface area contributed by atoms with Crippen molar-refractivity contribution in [3.8, 4) is 11.8 Å². The Balaban J connectivity index is 2.04. The van der Waals surface area contributed by atoms with Crippen LogP contribution in [0.25, 0.3) is 0 Å². The van der Waals surface area contributed by atoms with Gasteiger partial charge in [-0.25, -0.2) is 0 Å². The Morgan fingerprint density at radius 3 is 2.70 bits per heavy atom. The zero-order valence-electron chi connectivity index (χ0n) is 11.6. The zero-order chi connectivity index (χ0) is 14.4. The van der Waals surface area contributed by atoms with Gasteiger partial charge in [-0.1, -0.05) is 12.1 Å². The van der Waals surface area contributed by atoms with Gasteiger partial charge in [-0.05, 0) is 43.2 Å². The standard InChI is InChI=1S/C16H17N3O/c1-12-7-9-18-11-16(12)19-13(2)14-3-5-15(6-4-14)20-10-8-17/h3-7,9,11,13,19H,10H2,1-2H3. The number of nitriles is 1. The molecule has 4 heteroatoms. The van der Waals surface area contributed by atoms with E-state index in [0.717, 1.165) is 11.3 Å². The lowest BCUT2D eigenvalue weighted by atomic mass is 10.1. The lowest BCUT2D eigenvalue weighted by molar-refractivity contribution is 0.368. The summed E-state index contributed by atoms with van der Waals surface area (Å²) >= 11 is 0. The number of rotatable bonds is 5. The molecule has 1 atom stereocenters. The number of benzene rings is 1. The average Bonchev–Trinajstić information content (AvgIpc) is 2.48. The second-order valence-corrected chi connectivity index (χ2v) is 4.57. The van der Waals surface area contributed by atoms with E-state index >= 15 is 0 Å². The van der Waals surface area contributed by atoms with Crippen molar-refractivity contribution in [3.63, 3.8) is 0 Å². The van der Waals surface area contributed by atoms with Gasteiger partial charge in [0.25, 0.3) is 0 Å². The molecule has 0 aliphatic carbocycles. The highest BCUT2D eigenvalue weighted by Crippen LogP contribution is 2.22. The molecule has 4 nitrogen and oxygen atoms in total. The second kappa shape index (κ2) is 6.58. The van der Waals surface area contributed by atoms with Gasteiger partial charge in [-0.2, -0.15) is 5.26 Å². The van der Waals surface area contributed by atoms with Gasteiger partial charge in [0, 0.05) is 12.2 Å². The average molecular weight is 267 g/mol. The van der Waals surface area contributed by atoms with Crippen LogP contribution >= 0.6 is 0 Å². The summed E-state index contributed by atoms with van der Waals surface area (Å²) < 4.78 is 5.24. The molecule has 2 rings (SSSR count). The summed E-state index contributed by atoms with van der Waals surface area (Å²) in [7, 11) is 0. The van der Waals surface area contributed by atoms with Gasteiger partial charge in [0.2, 0.25) is 0 Å². The molecule has 1 unspecified atom stereocenters. The SMILES string of the molecule is Cc1ccncc1NC(C)c1ccc(OCC#N)cc1. The maximum Gasteiger partial charge on any atom is 0.174 e. The summed E-state index contributed by atoms with van der Waals surface area (Å²) in [5.74, 6) is 0.708. The van der Waals surface area contributed by atoms with Crippen molar-refractivity contribution in [2.45, 2.75) is 19.9 Å². The summed E-state index contributed by atoms with van der Waals surface area (Å²) in [6.45, 7) is 4.22. The van der Waals surface area contributed by atoms with Crippen LogP contribution in [0.3, 0.4) is 0 Å². The molecule has 0 saturated carbocycles. The fourth-order valence-electron chi connectivity index (χ4n) is 1.90. The van der Waals surface area contributed by atoms with Crippen molar-refractivity contribution in [2.75, 3.05) is 11.9 Å². The first-order valence-electron chi connectivity index (χ1n) is 6.47. The van der Waals surface area contributed by atoms with Crippen LogP contribution in [0, 0.1) is 18.3 Å².